The number of hydrogen-bond donors (Lipinski definition) is 0. The van der Waals surface area contributed by atoms with Crippen molar-refractivity contribution < 1.29 is 0 Å². The number of azo groups is 2. The Labute approximate surface area is 150 Å². The molecule has 0 N–H and O–H groups in total. The Morgan fingerprint density at radius 1 is 0.640 bits per heavy atom. The first-order chi connectivity index (χ1) is 12.1. The van der Waals surface area contributed by atoms with Crippen LogP contribution in [-0.4, -0.2) is 0 Å². The fraction of sp³-hybridized carbons (Fsp3) is 0.0476. The minimum Gasteiger partial charge on any atom is -0.151 e. The molecule has 0 radical (unpaired) electrons. The molecule has 0 aliphatic heterocycles. The summed E-state index contributed by atoms with van der Waals surface area (Å²) < 4.78 is 0. The van der Waals surface area contributed by atoms with Gasteiger partial charge in [-0.2, -0.15) is 20.5 Å². The van der Waals surface area contributed by atoms with E-state index in [0.717, 1.165) is 0 Å². The number of rotatable bonds is 11. The molecule has 25 heavy (non-hydrogen) atoms. The van der Waals surface area contributed by atoms with Gasteiger partial charge in [0.05, 0.1) is 22.8 Å². The summed E-state index contributed by atoms with van der Waals surface area (Å²) in [5, 5.41) is 16.2. The topological polar surface area (TPSA) is 49.4 Å². The Kier molecular flexibility index (Phi) is 12.3. The second kappa shape index (κ2) is 14.2. The monoisotopic (exact) mass is 332 g/mol. The van der Waals surface area contributed by atoms with Crippen molar-refractivity contribution in [2.75, 3.05) is 0 Å². The maximum atomic E-state index is 4.17. The summed E-state index contributed by atoms with van der Waals surface area (Å²) in [5.74, 6) is 0. The van der Waals surface area contributed by atoms with E-state index in [9.17, 15) is 0 Å². The standard InChI is InChI=1S/C21H24N4/c1-7-11-14-18(5)22-23-19(6)16-17-21(13-9-3)25-24-20(10-4)15-12-8-2/h7-17H,1-3,5-6H2,4H3/b14-11-,15-12-,17-16-,20-10+,21-13+,23-22?,25-24+. The van der Waals surface area contributed by atoms with Gasteiger partial charge in [-0.25, -0.2) is 0 Å². The third kappa shape index (κ3) is 11.8. The number of allylic oxidation sites excluding steroid dienone is 11. The molecule has 128 valence electrons. The van der Waals surface area contributed by atoms with Crippen LogP contribution in [0.15, 0.2) is 143 Å². The SMILES string of the molecule is C=C/C=C\C(=C)N=NC(=C)\C=C/C(=C\C=C)/N=N/C(/C=C\C=C)=C/C. The fourth-order valence-corrected chi connectivity index (χ4v) is 1.27. The Balaban J connectivity index is 5.02. The van der Waals surface area contributed by atoms with Crippen LogP contribution in [-0.2, 0) is 0 Å². The predicted molar refractivity (Wildman–Crippen MR) is 108 cm³/mol. The molecule has 0 heterocycles. The molecular weight excluding hydrogens is 308 g/mol. The zero-order valence-electron chi connectivity index (χ0n) is 14.7. The van der Waals surface area contributed by atoms with E-state index in [2.05, 4.69) is 53.4 Å². The third-order valence-electron chi connectivity index (χ3n) is 2.45. The van der Waals surface area contributed by atoms with Crippen LogP contribution in [0.25, 0.3) is 0 Å². The summed E-state index contributed by atoms with van der Waals surface area (Å²) in [4.78, 5) is 0. The van der Waals surface area contributed by atoms with Gasteiger partial charge in [-0.3, -0.25) is 0 Å². The van der Waals surface area contributed by atoms with E-state index in [-0.39, 0.29) is 0 Å². The van der Waals surface area contributed by atoms with E-state index in [1.165, 1.54) is 0 Å². The molecule has 0 fully saturated rings. The minimum absolute atomic E-state index is 0.455. The zero-order valence-corrected chi connectivity index (χ0v) is 14.7. The number of hydrogen-bond acceptors (Lipinski definition) is 4. The molecule has 0 atom stereocenters. The highest BCUT2D eigenvalue weighted by Crippen LogP contribution is 2.09. The van der Waals surface area contributed by atoms with Crippen LogP contribution in [0.5, 0.6) is 0 Å². The highest BCUT2D eigenvalue weighted by molar-refractivity contribution is 5.28. The lowest BCUT2D eigenvalue weighted by Gasteiger charge is -1.94. The lowest BCUT2D eigenvalue weighted by atomic mass is 10.3. The van der Waals surface area contributed by atoms with Gasteiger partial charge in [0.1, 0.15) is 0 Å². The van der Waals surface area contributed by atoms with Crippen LogP contribution < -0.4 is 0 Å². The molecule has 0 amide bonds. The van der Waals surface area contributed by atoms with Gasteiger partial charge in [-0.1, -0.05) is 69.4 Å². The van der Waals surface area contributed by atoms with Crippen molar-refractivity contribution in [3.05, 3.63) is 123 Å². The second-order valence-electron chi connectivity index (χ2n) is 4.45. The van der Waals surface area contributed by atoms with Gasteiger partial charge in [0.15, 0.2) is 0 Å². The molecule has 0 aliphatic rings. The molecule has 4 heteroatoms. The maximum Gasteiger partial charge on any atom is 0.0857 e. The third-order valence-corrected chi connectivity index (χ3v) is 2.45. The fourth-order valence-electron chi connectivity index (χ4n) is 1.27. The van der Waals surface area contributed by atoms with Crippen LogP contribution in [0.1, 0.15) is 6.92 Å². The zero-order chi connectivity index (χ0) is 18.9. The molecule has 0 bridgehead atoms. The molecule has 0 saturated carbocycles. The van der Waals surface area contributed by atoms with Crippen molar-refractivity contribution in [2.45, 2.75) is 6.92 Å². The van der Waals surface area contributed by atoms with E-state index < -0.39 is 0 Å². The molecule has 0 saturated heterocycles. The Morgan fingerprint density at radius 3 is 1.76 bits per heavy atom. The van der Waals surface area contributed by atoms with Crippen molar-refractivity contribution in [1.29, 1.82) is 0 Å². The first-order valence-corrected chi connectivity index (χ1v) is 7.54. The molecule has 0 rings (SSSR count). The van der Waals surface area contributed by atoms with Gasteiger partial charge in [0, 0.05) is 0 Å². The molecule has 0 aromatic carbocycles. The maximum absolute atomic E-state index is 4.17. The molecular formula is C21H24N4. The Morgan fingerprint density at radius 2 is 1.20 bits per heavy atom. The van der Waals surface area contributed by atoms with E-state index >= 15 is 0 Å². The molecule has 0 aromatic heterocycles. The Bertz CT molecular complexity index is 708. The quantitative estimate of drug-likeness (QED) is 0.291. The van der Waals surface area contributed by atoms with Gasteiger partial charge >= 0.3 is 0 Å². The highest BCUT2D eigenvalue weighted by atomic mass is 15.1. The van der Waals surface area contributed by atoms with Crippen LogP contribution in [0.2, 0.25) is 0 Å². The van der Waals surface area contributed by atoms with Gasteiger partial charge < -0.3 is 0 Å². The molecule has 0 aromatic rings. The first kappa shape index (κ1) is 21.6. The van der Waals surface area contributed by atoms with Gasteiger partial charge in [0.2, 0.25) is 0 Å². The van der Waals surface area contributed by atoms with Gasteiger partial charge in [-0.05, 0) is 37.3 Å². The highest BCUT2D eigenvalue weighted by Gasteiger charge is 1.91. The summed E-state index contributed by atoms with van der Waals surface area (Å²) in [7, 11) is 0. The van der Waals surface area contributed by atoms with Crippen molar-refractivity contribution >= 4 is 0 Å². The van der Waals surface area contributed by atoms with Crippen molar-refractivity contribution in [1.82, 2.24) is 0 Å². The summed E-state index contributed by atoms with van der Waals surface area (Å²) in [6, 6.07) is 0. The molecule has 0 unspecified atom stereocenters. The minimum atomic E-state index is 0.455. The average molecular weight is 332 g/mol. The average Bonchev–Trinajstić information content (AvgIpc) is 2.62. The van der Waals surface area contributed by atoms with Crippen LogP contribution in [0.4, 0.5) is 0 Å². The van der Waals surface area contributed by atoms with E-state index in [1.54, 1.807) is 60.8 Å². The molecule has 0 spiro atoms. The van der Waals surface area contributed by atoms with E-state index in [1.807, 2.05) is 13.0 Å². The molecule has 4 nitrogen and oxygen atoms in total. The Hall–Kier alpha value is -3.40. The summed E-state index contributed by atoms with van der Waals surface area (Å²) >= 11 is 0. The second-order valence-corrected chi connectivity index (χ2v) is 4.45. The first-order valence-electron chi connectivity index (χ1n) is 7.54. The summed E-state index contributed by atoms with van der Waals surface area (Å²) in [6.07, 6.45) is 18.9. The predicted octanol–water partition coefficient (Wildman–Crippen LogP) is 6.93. The lowest BCUT2D eigenvalue weighted by molar-refractivity contribution is 1.11. The van der Waals surface area contributed by atoms with Crippen molar-refractivity contribution in [2.24, 2.45) is 20.5 Å². The lowest BCUT2D eigenvalue weighted by Crippen LogP contribution is -1.75. The normalized spacial score (nSPS) is 13.5. The summed E-state index contributed by atoms with van der Waals surface area (Å²) in [6.45, 7) is 20.3. The van der Waals surface area contributed by atoms with Crippen LogP contribution >= 0.6 is 0 Å². The smallest absolute Gasteiger partial charge is 0.0857 e. The largest absolute Gasteiger partial charge is 0.151 e. The number of nitrogens with zero attached hydrogens (tertiary/aromatic N) is 4. The van der Waals surface area contributed by atoms with Gasteiger partial charge in [0.25, 0.3) is 0 Å². The summed E-state index contributed by atoms with van der Waals surface area (Å²) in [5.41, 5.74) is 2.27. The van der Waals surface area contributed by atoms with Crippen molar-refractivity contribution in [3.63, 3.8) is 0 Å². The van der Waals surface area contributed by atoms with E-state index in [4.69, 9.17) is 0 Å². The van der Waals surface area contributed by atoms with Gasteiger partial charge in [-0.15, -0.1) is 0 Å². The van der Waals surface area contributed by atoms with Crippen LogP contribution in [0, 0.1) is 0 Å². The van der Waals surface area contributed by atoms with Crippen LogP contribution in [0.3, 0.4) is 0 Å². The van der Waals surface area contributed by atoms with Crippen molar-refractivity contribution in [3.8, 4) is 0 Å². The van der Waals surface area contributed by atoms with E-state index in [0.29, 0.717) is 22.8 Å². The molecule has 0 aliphatic carbocycles.